The smallest absolute Gasteiger partial charge is 0.326 e. The summed E-state index contributed by atoms with van der Waals surface area (Å²) in [7, 11) is 0. The lowest BCUT2D eigenvalue weighted by Crippen LogP contribution is -2.48. The Hall–Kier alpha value is -2.41. The van der Waals surface area contributed by atoms with Crippen molar-refractivity contribution in [3.63, 3.8) is 0 Å². The molecule has 1 aromatic carbocycles. The van der Waals surface area contributed by atoms with E-state index in [0.29, 0.717) is 19.4 Å². The summed E-state index contributed by atoms with van der Waals surface area (Å²) in [4.78, 5) is 35.0. The number of aromatic nitrogens is 2. The van der Waals surface area contributed by atoms with Crippen LogP contribution in [0, 0.1) is 13.8 Å². The number of rotatable bonds is 5. The van der Waals surface area contributed by atoms with E-state index in [0.717, 1.165) is 33.2 Å². The predicted octanol–water partition coefficient (Wildman–Crippen LogP) is 2.79. The van der Waals surface area contributed by atoms with E-state index in [2.05, 4.69) is 9.97 Å². The summed E-state index contributed by atoms with van der Waals surface area (Å²) in [6.45, 7) is 4.18. The average Bonchev–Trinajstić information content (AvgIpc) is 2.65. The van der Waals surface area contributed by atoms with Gasteiger partial charge in [-0.05, 0) is 43.2 Å². The fraction of sp³-hybridized carbons (Fsp3) is 0.400. The van der Waals surface area contributed by atoms with Gasteiger partial charge in [0.2, 0.25) is 5.91 Å². The molecule has 2 aromatic rings. The van der Waals surface area contributed by atoms with Crippen LogP contribution in [0.5, 0.6) is 0 Å². The van der Waals surface area contributed by atoms with Crippen molar-refractivity contribution in [3.8, 4) is 0 Å². The first-order valence-corrected chi connectivity index (χ1v) is 10.1. The maximum absolute atomic E-state index is 12.9. The topological polar surface area (TPSA) is 83.4 Å². The molecule has 0 saturated heterocycles. The number of aryl methyl sites for hydroxylation is 2. The van der Waals surface area contributed by atoms with E-state index in [1.807, 2.05) is 44.4 Å². The SMILES string of the molecule is CSc1nc(C)c(CCC(=O)N2Cc3ccccc3CC2C(=O)O)c(C)n1. The van der Waals surface area contributed by atoms with E-state index >= 15 is 0 Å². The summed E-state index contributed by atoms with van der Waals surface area (Å²) in [6, 6.07) is 6.89. The second-order valence-electron chi connectivity index (χ2n) is 6.71. The second kappa shape index (κ2) is 8.08. The number of hydrogen-bond donors (Lipinski definition) is 1. The van der Waals surface area contributed by atoms with Gasteiger partial charge in [-0.2, -0.15) is 0 Å². The van der Waals surface area contributed by atoms with Crippen LogP contribution in [-0.4, -0.2) is 44.1 Å². The summed E-state index contributed by atoms with van der Waals surface area (Å²) in [5, 5.41) is 10.3. The minimum atomic E-state index is -0.960. The van der Waals surface area contributed by atoms with Crippen molar-refractivity contribution >= 4 is 23.6 Å². The normalized spacial score (nSPS) is 16.1. The van der Waals surface area contributed by atoms with E-state index in [1.54, 1.807) is 0 Å². The first-order chi connectivity index (χ1) is 12.9. The highest BCUT2D eigenvalue weighted by molar-refractivity contribution is 7.98. The third-order valence-electron chi connectivity index (χ3n) is 5.03. The van der Waals surface area contributed by atoms with Gasteiger partial charge >= 0.3 is 5.97 Å². The Morgan fingerprint density at radius 3 is 2.41 bits per heavy atom. The second-order valence-corrected chi connectivity index (χ2v) is 7.48. The summed E-state index contributed by atoms with van der Waals surface area (Å²) in [5.41, 5.74) is 4.73. The van der Waals surface area contributed by atoms with Crippen LogP contribution in [0.15, 0.2) is 29.4 Å². The average molecular weight is 385 g/mol. The molecule has 2 heterocycles. The summed E-state index contributed by atoms with van der Waals surface area (Å²) >= 11 is 1.49. The van der Waals surface area contributed by atoms with Gasteiger partial charge < -0.3 is 10.0 Å². The molecule has 142 valence electrons. The Morgan fingerprint density at radius 1 is 1.19 bits per heavy atom. The van der Waals surface area contributed by atoms with Crippen LogP contribution in [0.1, 0.15) is 34.5 Å². The Morgan fingerprint density at radius 2 is 1.81 bits per heavy atom. The zero-order valence-corrected chi connectivity index (χ0v) is 16.5. The summed E-state index contributed by atoms with van der Waals surface area (Å²) < 4.78 is 0. The number of nitrogens with zero attached hydrogens (tertiary/aromatic N) is 3. The zero-order chi connectivity index (χ0) is 19.6. The maximum atomic E-state index is 12.9. The molecule has 0 bridgehead atoms. The maximum Gasteiger partial charge on any atom is 0.326 e. The van der Waals surface area contributed by atoms with Crippen molar-refractivity contribution in [2.45, 2.75) is 50.9 Å². The highest BCUT2D eigenvalue weighted by atomic mass is 32.2. The first-order valence-electron chi connectivity index (χ1n) is 8.88. The van der Waals surface area contributed by atoms with E-state index in [1.165, 1.54) is 16.7 Å². The van der Waals surface area contributed by atoms with E-state index in [4.69, 9.17) is 0 Å². The Bertz CT molecular complexity index is 862. The fourth-order valence-electron chi connectivity index (χ4n) is 3.54. The Labute approximate surface area is 163 Å². The molecule has 1 amide bonds. The fourth-order valence-corrected chi connectivity index (χ4v) is 4.00. The van der Waals surface area contributed by atoms with Gasteiger partial charge in [-0.25, -0.2) is 14.8 Å². The van der Waals surface area contributed by atoms with Crippen LogP contribution in [0.2, 0.25) is 0 Å². The van der Waals surface area contributed by atoms with Crippen molar-refractivity contribution in [2.24, 2.45) is 0 Å². The number of benzene rings is 1. The number of amides is 1. The molecule has 7 heteroatoms. The number of carbonyl (C=O) groups is 2. The summed E-state index contributed by atoms with van der Waals surface area (Å²) in [5.74, 6) is -1.11. The molecule has 0 spiro atoms. The molecular weight excluding hydrogens is 362 g/mol. The molecule has 0 saturated carbocycles. The first kappa shape index (κ1) is 19.4. The number of carboxylic acids is 1. The van der Waals surface area contributed by atoms with Crippen molar-refractivity contribution in [1.29, 1.82) is 0 Å². The number of carbonyl (C=O) groups excluding carboxylic acids is 1. The van der Waals surface area contributed by atoms with Crippen LogP contribution >= 0.6 is 11.8 Å². The lowest BCUT2D eigenvalue weighted by atomic mass is 9.93. The zero-order valence-electron chi connectivity index (χ0n) is 15.7. The molecule has 1 N–H and O–H groups in total. The lowest BCUT2D eigenvalue weighted by molar-refractivity contribution is -0.151. The van der Waals surface area contributed by atoms with E-state index in [9.17, 15) is 14.7 Å². The van der Waals surface area contributed by atoms with Crippen LogP contribution in [0.4, 0.5) is 0 Å². The van der Waals surface area contributed by atoms with Gasteiger partial charge in [-0.3, -0.25) is 4.79 Å². The Kier molecular flexibility index (Phi) is 5.79. The number of aliphatic carboxylic acids is 1. The van der Waals surface area contributed by atoms with Gasteiger partial charge in [0.15, 0.2) is 5.16 Å². The standard InChI is InChI=1S/C20H23N3O3S/c1-12-16(13(2)22-20(21-12)27-3)8-9-18(24)23-11-15-7-5-4-6-14(15)10-17(23)19(25)26/h4-7,17H,8-11H2,1-3H3,(H,25,26). The van der Waals surface area contributed by atoms with Gasteiger partial charge in [-0.15, -0.1) is 0 Å². The Balaban J connectivity index is 1.76. The predicted molar refractivity (Wildman–Crippen MR) is 104 cm³/mol. The van der Waals surface area contributed by atoms with Crippen LogP contribution < -0.4 is 0 Å². The van der Waals surface area contributed by atoms with Crippen LogP contribution in [0.25, 0.3) is 0 Å². The van der Waals surface area contributed by atoms with Gasteiger partial charge in [0.05, 0.1) is 0 Å². The molecular formula is C20H23N3O3S. The largest absolute Gasteiger partial charge is 0.480 e. The molecule has 6 nitrogen and oxygen atoms in total. The molecule has 1 aliphatic heterocycles. The van der Waals surface area contributed by atoms with E-state index < -0.39 is 12.0 Å². The van der Waals surface area contributed by atoms with Gasteiger partial charge in [0, 0.05) is 30.8 Å². The minimum absolute atomic E-state index is 0.148. The molecule has 1 aliphatic rings. The number of thioether (sulfide) groups is 1. The number of carboxylic acid groups (broad SMARTS) is 1. The van der Waals surface area contributed by atoms with Crippen molar-refractivity contribution < 1.29 is 14.7 Å². The molecule has 1 unspecified atom stereocenters. The third kappa shape index (κ3) is 4.13. The van der Waals surface area contributed by atoms with Crippen LogP contribution in [0.3, 0.4) is 0 Å². The monoisotopic (exact) mass is 385 g/mol. The lowest BCUT2D eigenvalue weighted by Gasteiger charge is -2.34. The van der Waals surface area contributed by atoms with E-state index in [-0.39, 0.29) is 12.3 Å². The molecule has 1 aromatic heterocycles. The van der Waals surface area contributed by atoms with Gasteiger partial charge in [0.1, 0.15) is 6.04 Å². The van der Waals surface area contributed by atoms with Crippen LogP contribution in [-0.2, 0) is 29.0 Å². The number of fused-ring (bicyclic) bond motifs is 1. The molecule has 0 aliphatic carbocycles. The number of hydrogen-bond acceptors (Lipinski definition) is 5. The molecule has 0 fully saturated rings. The van der Waals surface area contributed by atoms with Gasteiger partial charge in [-0.1, -0.05) is 36.0 Å². The van der Waals surface area contributed by atoms with Gasteiger partial charge in [0.25, 0.3) is 0 Å². The minimum Gasteiger partial charge on any atom is -0.480 e. The molecule has 0 radical (unpaired) electrons. The quantitative estimate of drug-likeness (QED) is 0.629. The summed E-state index contributed by atoms with van der Waals surface area (Å²) in [6.07, 6.45) is 3.03. The molecule has 3 rings (SSSR count). The van der Waals surface area contributed by atoms with Crippen molar-refractivity contribution in [1.82, 2.24) is 14.9 Å². The highest BCUT2D eigenvalue weighted by Crippen LogP contribution is 2.25. The molecule has 27 heavy (non-hydrogen) atoms. The van der Waals surface area contributed by atoms with Crippen molar-refractivity contribution in [2.75, 3.05) is 6.26 Å². The van der Waals surface area contributed by atoms with Crippen molar-refractivity contribution in [3.05, 3.63) is 52.3 Å². The highest BCUT2D eigenvalue weighted by Gasteiger charge is 2.34. The molecule has 1 atom stereocenters. The third-order valence-corrected chi connectivity index (χ3v) is 5.57.